The number of rotatable bonds is 3. The molecule has 2 N–H and O–H groups in total. The van der Waals surface area contributed by atoms with E-state index in [0.717, 1.165) is 17.8 Å². The molecule has 0 atom stereocenters. The molecule has 0 aromatic carbocycles. The molecule has 0 fully saturated rings. The molecule has 6 nitrogen and oxygen atoms in total. The zero-order valence-corrected chi connectivity index (χ0v) is 8.39. The van der Waals surface area contributed by atoms with Gasteiger partial charge in [0.15, 0.2) is 5.82 Å². The van der Waals surface area contributed by atoms with Gasteiger partial charge in [0.2, 0.25) is 5.91 Å². The van der Waals surface area contributed by atoms with Gasteiger partial charge in [0, 0.05) is 31.0 Å². The van der Waals surface area contributed by atoms with Gasteiger partial charge in [-0.05, 0) is 6.92 Å². The van der Waals surface area contributed by atoms with Crippen molar-refractivity contribution >= 4 is 17.7 Å². The Balaban J connectivity index is 2.63. The van der Waals surface area contributed by atoms with Crippen molar-refractivity contribution in [3.8, 4) is 0 Å². The van der Waals surface area contributed by atoms with Gasteiger partial charge >= 0.3 is 5.97 Å². The molecule has 1 aromatic heterocycles. The van der Waals surface area contributed by atoms with Gasteiger partial charge in [-0.3, -0.25) is 9.48 Å². The van der Waals surface area contributed by atoms with Crippen molar-refractivity contribution in [1.29, 1.82) is 0 Å². The van der Waals surface area contributed by atoms with Crippen molar-refractivity contribution in [2.45, 2.75) is 6.92 Å². The van der Waals surface area contributed by atoms with Crippen molar-refractivity contribution < 1.29 is 14.7 Å². The number of anilines is 1. The maximum absolute atomic E-state index is 11.1. The van der Waals surface area contributed by atoms with Crippen LogP contribution in [-0.4, -0.2) is 26.8 Å². The summed E-state index contributed by atoms with van der Waals surface area (Å²) in [5.74, 6) is -1.28. The number of hydrogen-bond acceptors (Lipinski definition) is 3. The molecule has 0 spiro atoms. The molecule has 80 valence electrons. The summed E-state index contributed by atoms with van der Waals surface area (Å²) in [4.78, 5) is 21.3. The third-order valence-electron chi connectivity index (χ3n) is 1.74. The van der Waals surface area contributed by atoms with Crippen LogP contribution in [0.4, 0.5) is 5.82 Å². The summed E-state index contributed by atoms with van der Waals surface area (Å²) >= 11 is 0. The van der Waals surface area contributed by atoms with E-state index in [1.807, 2.05) is 6.92 Å². The Kier molecular flexibility index (Phi) is 3.22. The van der Waals surface area contributed by atoms with E-state index in [-0.39, 0.29) is 0 Å². The van der Waals surface area contributed by atoms with Gasteiger partial charge in [-0.1, -0.05) is 0 Å². The van der Waals surface area contributed by atoms with Gasteiger partial charge in [-0.15, -0.1) is 0 Å². The number of amides is 1. The van der Waals surface area contributed by atoms with Crippen molar-refractivity contribution in [3.63, 3.8) is 0 Å². The van der Waals surface area contributed by atoms with Crippen LogP contribution in [0.3, 0.4) is 0 Å². The van der Waals surface area contributed by atoms with Crippen molar-refractivity contribution in [2.24, 2.45) is 7.05 Å². The number of nitrogens with one attached hydrogen (secondary N) is 1. The first-order chi connectivity index (χ1) is 6.99. The average molecular weight is 209 g/mol. The fraction of sp³-hybridized carbons (Fsp3) is 0.222. The molecule has 1 rings (SSSR count). The number of hydrogen-bond donors (Lipinski definition) is 2. The largest absolute Gasteiger partial charge is 0.478 e. The van der Waals surface area contributed by atoms with Crippen LogP contribution < -0.4 is 5.32 Å². The van der Waals surface area contributed by atoms with E-state index < -0.39 is 11.9 Å². The Morgan fingerprint density at radius 1 is 1.53 bits per heavy atom. The van der Waals surface area contributed by atoms with Crippen molar-refractivity contribution in [3.05, 3.63) is 23.9 Å². The Morgan fingerprint density at radius 3 is 2.67 bits per heavy atom. The zero-order chi connectivity index (χ0) is 11.4. The number of aromatic nitrogens is 2. The fourth-order valence-corrected chi connectivity index (χ4v) is 0.937. The molecule has 0 aliphatic carbocycles. The van der Waals surface area contributed by atoms with Gasteiger partial charge in [-0.25, -0.2) is 4.79 Å². The first-order valence-electron chi connectivity index (χ1n) is 4.21. The van der Waals surface area contributed by atoms with Crippen LogP contribution in [0.25, 0.3) is 0 Å². The summed E-state index contributed by atoms with van der Waals surface area (Å²) < 4.78 is 1.61. The van der Waals surface area contributed by atoms with Crippen LogP contribution in [-0.2, 0) is 16.6 Å². The highest BCUT2D eigenvalue weighted by Gasteiger charge is 2.03. The molecule has 0 saturated carbocycles. The molecule has 0 radical (unpaired) electrons. The number of aryl methyl sites for hydroxylation is 2. The van der Waals surface area contributed by atoms with E-state index in [0.29, 0.717) is 5.82 Å². The summed E-state index contributed by atoms with van der Waals surface area (Å²) in [6.07, 6.45) is 1.71. The van der Waals surface area contributed by atoms with Gasteiger partial charge in [0.05, 0.1) is 0 Å². The lowest BCUT2D eigenvalue weighted by molar-refractivity contribution is -0.131. The first kappa shape index (κ1) is 11.0. The van der Waals surface area contributed by atoms with Gasteiger partial charge in [0.25, 0.3) is 0 Å². The lowest BCUT2D eigenvalue weighted by Crippen LogP contribution is -2.09. The van der Waals surface area contributed by atoms with E-state index in [4.69, 9.17) is 5.11 Å². The quantitative estimate of drug-likeness (QED) is 0.701. The number of carbonyl (C=O) groups excluding carboxylic acids is 1. The summed E-state index contributed by atoms with van der Waals surface area (Å²) in [5.41, 5.74) is 0.896. The molecule has 6 heteroatoms. The Morgan fingerprint density at radius 2 is 2.20 bits per heavy atom. The first-order valence-corrected chi connectivity index (χ1v) is 4.21. The SMILES string of the molecule is Cc1cc(NC(=O)/C=C/C(=O)O)nn1C. The highest BCUT2D eigenvalue weighted by molar-refractivity contribution is 6.01. The molecule has 1 aromatic rings. The second kappa shape index (κ2) is 4.41. The van der Waals surface area contributed by atoms with Crippen LogP contribution in [0.1, 0.15) is 5.69 Å². The third-order valence-corrected chi connectivity index (χ3v) is 1.74. The number of carbonyl (C=O) groups is 2. The Hall–Kier alpha value is -2.11. The summed E-state index contributed by atoms with van der Waals surface area (Å²) in [7, 11) is 1.75. The number of carboxylic acid groups (broad SMARTS) is 1. The smallest absolute Gasteiger partial charge is 0.328 e. The maximum Gasteiger partial charge on any atom is 0.328 e. The van der Waals surface area contributed by atoms with Crippen LogP contribution >= 0.6 is 0 Å². The van der Waals surface area contributed by atoms with Gasteiger partial charge < -0.3 is 10.4 Å². The fourth-order valence-electron chi connectivity index (χ4n) is 0.937. The lowest BCUT2D eigenvalue weighted by atomic mass is 10.4. The van der Waals surface area contributed by atoms with Gasteiger partial charge in [0.1, 0.15) is 0 Å². The van der Waals surface area contributed by atoms with E-state index in [1.54, 1.807) is 17.8 Å². The topological polar surface area (TPSA) is 84.2 Å². The van der Waals surface area contributed by atoms with E-state index in [2.05, 4.69) is 10.4 Å². The minimum Gasteiger partial charge on any atom is -0.478 e. The second-order valence-electron chi connectivity index (χ2n) is 2.96. The zero-order valence-electron chi connectivity index (χ0n) is 8.39. The molecular formula is C9H11N3O3. The Labute approximate surface area is 86.2 Å². The molecule has 0 bridgehead atoms. The van der Waals surface area contributed by atoms with Crippen molar-refractivity contribution in [1.82, 2.24) is 9.78 Å². The van der Waals surface area contributed by atoms with Crippen LogP contribution in [0.15, 0.2) is 18.2 Å². The number of aliphatic carboxylic acids is 1. The molecule has 0 aliphatic heterocycles. The number of nitrogens with zero attached hydrogens (tertiary/aromatic N) is 2. The van der Waals surface area contributed by atoms with Crippen LogP contribution in [0.2, 0.25) is 0 Å². The van der Waals surface area contributed by atoms with E-state index in [1.165, 1.54) is 0 Å². The minimum atomic E-state index is -1.16. The van der Waals surface area contributed by atoms with E-state index >= 15 is 0 Å². The minimum absolute atomic E-state index is 0.398. The monoisotopic (exact) mass is 209 g/mol. The Bertz CT molecular complexity index is 401. The van der Waals surface area contributed by atoms with Crippen molar-refractivity contribution in [2.75, 3.05) is 5.32 Å². The molecular weight excluding hydrogens is 198 g/mol. The summed E-state index contributed by atoms with van der Waals surface area (Å²) in [6.45, 7) is 1.84. The molecule has 0 saturated heterocycles. The average Bonchev–Trinajstić information content (AvgIpc) is 2.42. The predicted octanol–water partition coefficient (Wildman–Crippen LogP) is 0.308. The highest BCUT2D eigenvalue weighted by Crippen LogP contribution is 2.06. The number of carboxylic acids is 1. The standard InChI is InChI=1S/C9H11N3O3/c1-6-5-7(11-12(6)2)10-8(13)3-4-9(14)15/h3-5H,1-2H3,(H,14,15)(H,10,11,13)/b4-3+. The van der Waals surface area contributed by atoms with E-state index in [9.17, 15) is 9.59 Å². The van der Waals surface area contributed by atoms with Gasteiger partial charge in [-0.2, -0.15) is 5.10 Å². The lowest BCUT2D eigenvalue weighted by Gasteiger charge is -1.94. The van der Waals surface area contributed by atoms with Crippen LogP contribution in [0.5, 0.6) is 0 Å². The second-order valence-corrected chi connectivity index (χ2v) is 2.96. The normalized spacial score (nSPS) is 10.5. The molecule has 15 heavy (non-hydrogen) atoms. The molecule has 1 heterocycles. The summed E-state index contributed by atoms with van der Waals surface area (Å²) in [5, 5.41) is 14.7. The maximum atomic E-state index is 11.1. The molecule has 0 aliphatic rings. The third kappa shape index (κ3) is 3.26. The summed E-state index contributed by atoms with van der Waals surface area (Å²) in [6, 6.07) is 1.69. The van der Waals surface area contributed by atoms with Crippen LogP contribution in [0, 0.1) is 6.92 Å². The highest BCUT2D eigenvalue weighted by atomic mass is 16.4. The molecule has 0 unspecified atom stereocenters. The predicted molar refractivity (Wildman–Crippen MR) is 53.4 cm³/mol. The molecule has 1 amide bonds.